The number of unbranched alkanes of at least 4 members (excludes halogenated alkanes) is 1. The lowest BCUT2D eigenvalue weighted by molar-refractivity contribution is -0.111. The average molecular weight is 604 g/mol. The van der Waals surface area contributed by atoms with E-state index in [1.807, 2.05) is 42.7 Å². The van der Waals surface area contributed by atoms with Crippen LogP contribution in [0.1, 0.15) is 43.6 Å². The number of nitrogens with one attached hydrogen (secondary N) is 1. The van der Waals surface area contributed by atoms with Crippen molar-refractivity contribution in [3.63, 3.8) is 0 Å². The second kappa shape index (κ2) is 16.1. The third-order valence-electron chi connectivity index (χ3n) is 6.88. The number of amides is 1. The largest absolute Gasteiger partial charge is 0.611 e. The molecular formula is C34H38FN3O4S. The van der Waals surface area contributed by atoms with E-state index in [1.165, 1.54) is 18.2 Å². The summed E-state index contributed by atoms with van der Waals surface area (Å²) in [7, 11) is 0. The molecule has 0 radical (unpaired) electrons. The molecule has 1 atom stereocenters. The van der Waals surface area contributed by atoms with E-state index < -0.39 is 22.9 Å². The Morgan fingerprint density at radius 2 is 1.77 bits per heavy atom. The van der Waals surface area contributed by atoms with Crippen LogP contribution in [0, 0.1) is 12.7 Å². The fourth-order valence-electron chi connectivity index (χ4n) is 4.38. The van der Waals surface area contributed by atoms with Gasteiger partial charge in [-0.2, -0.15) is 0 Å². The molecule has 0 spiro atoms. The van der Waals surface area contributed by atoms with Gasteiger partial charge in [0.15, 0.2) is 10.6 Å². The number of halogens is 1. The number of hydrogen-bond donors (Lipinski definition) is 1. The van der Waals surface area contributed by atoms with E-state index in [4.69, 9.17) is 9.47 Å². The van der Waals surface area contributed by atoms with Crippen molar-refractivity contribution in [2.24, 2.45) is 0 Å². The molecule has 1 aromatic heterocycles. The zero-order chi connectivity index (χ0) is 30.6. The second-order valence-corrected chi connectivity index (χ2v) is 11.4. The van der Waals surface area contributed by atoms with Crippen LogP contribution in [-0.4, -0.2) is 39.8 Å². The van der Waals surface area contributed by atoms with Gasteiger partial charge in [0.2, 0.25) is 5.91 Å². The molecule has 1 heterocycles. The molecule has 9 heteroatoms. The Hall–Kier alpha value is -3.92. The molecule has 0 fully saturated rings. The number of hydrogen-bond acceptors (Lipinski definition) is 5. The zero-order valence-electron chi connectivity index (χ0n) is 24.8. The third-order valence-corrected chi connectivity index (χ3v) is 8.22. The Morgan fingerprint density at radius 1 is 1.02 bits per heavy atom. The highest BCUT2D eigenvalue weighted by Crippen LogP contribution is 2.26. The molecule has 226 valence electrons. The minimum absolute atomic E-state index is 0.296. The molecular weight excluding hydrogens is 565 g/mol. The summed E-state index contributed by atoms with van der Waals surface area (Å²) < 4.78 is 40.7. The fraction of sp³-hybridized carbons (Fsp3) is 0.294. The number of aromatic nitrogens is 2. The first kappa shape index (κ1) is 32.0. The van der Waals surface area contributed by atoms with Gasteiger partial charge in [-0.05, 0) is 97.2 Å². The maximum Gasteiger partial charge on any atom is 0.248 e. The summed E-state index contributed by atoms with van der Waals surface area (Å²) in [4.78, 5) is 17.5. The van der Waals surface area contributed by atoms with E-state index in [9.17, 15) is 13.7 Å². The second-order valence-electron chi connectivity index (χ2n) is 9.97. The van der Waals surface area contributed by atoms with E-state index in [1.54, 1.807) is 42.7 Å². The Kier molecular flexibility index (Phi) is 12.0. The first-order valence-corrected chi connectivity index (χ1v) is 15.8. The van der Waals surface area contributed by atoms with Gasteiger partial charge in [-0.1, -0.05) is 31.5 Å². The monoisotopic (exact) mass is 603 g/mol. The Balaban J connectivity index is 1.32. The highest BCUT2D eigenvalue weighted by Gasteiger charge is 2.17. The number of carbonyl (C=O) groups excluding carboxylic acids is 1. The zero-order valence-corrected chi connectivity index (χ0v) is 25.7. The third kappa shape index (κ3) is 9.28. The van der Waals surface area contributed by atoms with Gasteiger partial charge in [-0.25, -0.2) is 9.37 Å². The number of ether oxygens (including phenoxy) is 2. The summed E-state index contributed by atoms with van der Waals surface area (Å²) in [5.41, 5.74) is 4.38. The van der Waals surface area contributed by atoms with Gasteiger partial charge in [0.05, 0.1) is 24.3 Å². The van der Waals surface area contributed by atoms with Crippen molar-refractivity contribution in [1.82, 2.24) is 9.55 Å². The van der Waals surface area contributed by atoms with E-state index in [0.29, 0.717) is 35.1 Å². The molecule has 0 aliphatic rings. The van der Waals surface area contributed by atoms with E-state index in [0.717, 1.165) is 54.3 Å². The first-order valence-electron chi connectivity index (χ1n) is 14.5. The summed E-state index contributed by atoms with van der Waals surface area (Å²) in [5, 5.41) is 2.77. The number of nitrogens with zero attached hydrogens (tertiary/aromatic N) is 2. The van der Waals surface area contributed by atoms with Gasteiger partial charge >= 0.3 is 0 Å². The Morgan fingerprint density at radius 3 is 2.49 bits per heavy atom. The molecule has 1 N–H and O–H groups in total. The number of benzene rings is 3. The van der Waals surface area contributed by atoms with Crippen molar-refractivity contribution >= 4 is 28.8 Å². The smallest absolute Gasteiger partial charge is 0.248 e. The standard InChI is InChI=1S/C34H38FN3O4S/c1-4-6-19-41-20-21-42-30-13-7-26(8-14-30)27-9-17-32(35)28(22-27)10-18-34(39)37-29-11-15-31(16-12-29)43(40)23-33-25(3)36-24-38(33)5-2/h7-18,22,24H,4-6,19-21,23H2,1-3H3,(H,37,39)/b18-10+/t43-/m0/s1. The van der Waals surface area contributed by atoms with Gasteiger partial charge in [0, 0.05) is 30.5 Å². The molecule has 0 unspecified atom stereocenters. The molecule has 0 bridgehead atoms. The molecule has 0 aliphatic heterocycles. The van der Waals surface area contributed by atoms with Gasteiger partial charge in [-0.15, -0.1) is 0 Å². The minimum atomic E-state index is -1.25. The van der Waals surface area contributed by atoms with Crippen LogP contribution >= 0.6 is 0 Å². The maximum absolute atomic E-state index is 14.6. The average Bonchev–Trinajstić information content (AvgIpc) is 3.37. The number of carbonyl (C=O) groups is 1. The highest BCUT2D eigenvalue weighted by molar-refractivity contribution is 7.90. The Labute approximate surface area is 255 Å². The van der Waals surface area contributed by atoms with Crippen molar-refractivity contribution < 1.29 is 23.2 Å². The van der Waals surface area contributed by atoms with Gasteiger partial charge in [0.1, 0.15) is 18.2 Å². The molecule has 0 aliphatic carbocycles. The normalized spacial score (nSPS) is 12.0. The fourth-order valence-corrected chi connectivity index (χ4v) is 5.61. The van der Waals surface area contributed by atoms with Crippen LogP contribution in [0.25, 0.3) is 17.2 Å². The number of rotatable bonds is 15. The number of imidazole rings is 1. The summed E-state index contributed by atoms with van der Waals surface area (Å²) >= 11 is -1.25. The predicted octanol–water partition coefficient (Wildman–Crippen LogP) is 7.17. The van der Waals surface area contributed by atoms with E-state index in [2.05, 4.69) is 17.2 Å². The van der Waals surface area contributed by atoms with Crippen molar-refractivity contribution in [3.05, 3.63) is 102 Å². The van der Waals surface area contributed by atoms with Crippen LogP contribution in [0.5, 0.6) is 5.75 Å². The van der Waals surface area contributed by atoms with Crippen LogP contribution in [-0.2, 0) is 33.0 Å². The Bertz CT molecular complexity index is 1500. The lowest BCUT2D eigenvalue weighted by Gasteiger charge is -2.13. The van der Waals surface area contributed by atoms with Crippen molar-refractivity contribution in [3.8, 4) is 16.9 Å². The number of anilines is 1. The quantitative estimate of drug-likeness (QED) is 0.0884. The van der Waals surface area contributed by atoms with Crippen molar-refractivity contribution in [2.45, 2.75) is 50.8 Å². The molecule has 4 aromatic rings. The molecule has 3 aromatic carbocycles. The summed E-state index contributed by atoms with van der Waals surface area (Å²) in [6, 6.07) is 19.2. The van der Waals surface area contributed by atoms with Gasteiger partial charge < -0.3 is 23.9 Å². The van der Waals surface area contributed by atoms with Crippen LogP contribution in [0.3, 0.4) is 0 Å². The van der Waals surface area contributed by atoms with Crippen molar-refractivity contribution in [2.75, 3.05) is 25.1 Å². The van der Waals surface area contributed by atoms with E-state index in [-0.39, 0.29) is 0 Å². The molecule has 4 rings (SSSR count). The molecule has 43 heavy (non-hydrogen) atoms. The topological polar surface area (TPSA) is 88.4 Å². The summed E-state index contributed by atoms with van der Waals surface area (Å²) in [6.45, 7) is 8.58. The molecule has 0 saturated heterocycles. The van der Waals surface area contributed by atoms with Crippen LogP contribution in [0.4, 0.5) is 10.1 Å². The predicted molar refractivity (Wildman–Crippen MR) is 170 cm³/mol. The first-order chi connectivity index (χ1) is 20.9. The van der Waals surface area contributed by atoms with E-state index >= 15 is 0 Å². The van der Waals surface area contributed by atoms with Crippen LogP contribution in [0.2, 0.25) is 0 Å². The molecule has 0 saturated carbocycles. The van der Waals surface area contributed by atoms with Gasteiger partial charge in [-0.3, -0.25) is 4.79 Å². The maximum atomic E-state index is 14.6. The molecule has 1 amide bonds. The molecule has 7 nitrogen and oxygen atoms in total. The summed E-state index contributed by atoms with van der Waals surface area (Å²) in [6.07, 6.45) is 6.65. The number of aryl methyl sites for hydroxylation is 2. The lowest BCUT2D eigenvalue weighted by atomic mass is 10.0. The van der Waals surface area contributed by atoms with Crippen molar-refractivity contribution in [1.29, 1.82) is 0 Å². The SMILES string of the molecule is CCCCOCCOc1ccc(-c2ccc(F)c(/C=C/C(=O)Nc3ccc([S@@+]([O-])Cc4c(C)ncn4CC)cc3)c2)cc1. The minimum Gasteiger partial charge on any atom is -0.611 e. The van der Waals surface area contributed by atoms with Crippen LogP contribution < -0.4 is 10.1 Å². The lowest BCUT2D eigenvalue weighted by Crippen LogP contribution is -2.11. The van der Waals surface area contributed by atoms with Gasteiger partial charge in [0.25, 0.3) is 0 Å². The van der Waals surface area contributed by atoms with Crippen LogP contribution in [0.15, 0.2) is 84.0 Å². The summed E-state index contributed by atoms with van der Waals surface area (Å²) in [5.74, 6) is 0.273. The highest BCUT2D eigenvalue weighted by atomic mass is 32.2.